The minimum Gasteiger partial charge on any atom is -0.379 e. The number of allylic oxidation sites excluding steroid dienone is 2. The third-order valence-electron chi connectivity index (χ3n) is 2.46. The molecule has 1 nitrogen and oxygen atoms in total. The molecule has 16 heavy (non-hydrogen) atoms. The summed E-state index contributed by atoms with van der Waals surface area (Å²) >= 11 is 0. The molecular formula is C13H15Li2N. The van der Waals surface area contributed by atoms with Gasteiger partial charge in [-0.25, -0.2) is 0 Å². The van der Waals surface area contributed by atoms with Gasteiger partial charge in [0.2, 0.25) is 0 Å². The molecule has 2 radical (unpaired) electrons. The van der Waals surface area contributed by atoms with Gasteiger partial charge in [0.1, 0.15) is 0 Å². The van der Waals surface area contributed by atoms with E-state index in [1.807, 2.05) is 18.2 Å². The third kappa shape index (κ3) is 4.29. The molecule has 1 atom stereocenters. The monoisotopic (exact) mass is 199 g/mol. The van der Waals surface area contributed by atoms with E-state index in [2.05, 4.69) is 42.6 Å². The molecule has 0 bridgehead atoms. The molecule has 74 valence electrons. The molecule has 1 aliphatic rings. The summed E-state index contributed by atoms with van der Waals surface area (Å²) in [5.74, 6) is 0. The molecule has 0 amide bonds. The van der Waals surface area contributed by atoms with Crippen LogP contribution in [0.2, 0.25) is 0 Å². The minimum atomic E-state index is 0. The SMILES string of the molecule is CC(Nc1ccccc1)C1=CCC=C1.[Li].[Li]. The molecule has 2 rings (SSSR count). The molecule has 0 heterocycles. The van der Waals surface area contributed by atoms with Gasteiger partial charge in [-0.3, -0.25) is 0 Å². The van der Waals surface area contributed by atoms with Crippen LogP contribution in [0.25, 0.3) is 0 Å². The first-order valence-electron chi connectivity index (χ1n) is 5.04. The number of benzene rings is 1. The first-order chi connectivity index (χ1) is 6.86. The molecule has 0 fully saturated rings. The van der Waals surface area contributed by atoms with Gasteiger partial charge in [0.25, 0.3) is 0 Å². The van der Waals surface area contributed by atoms with Crippen LogP contribution in [0.4, 0.5) is 5.69 Å². The molecular weight excluding hydrogens is 184 g/mol. The molecule has 0 aliphatic heterocycles. The van der Waals surface area contributed by atoms with Gasteiger partial charge in [-0.2, -0.15) is 0 Å². The zero-order chi connectivity index (χ0) is 9.80. The van der Waals surface area contributed by atoms with Gasteiger partial charge < -0.3 is 5.32 Å². The number of hydrogen-bond acceptors (Lipinski definition) is 1. The minimum absolute atomic E-state index is 0. The second-order valence-corrected chi connectivity index (χ2v) is 3.57. The van der Waals surface area contributed by atoms with Crippen LogP contribution in [0, 0.1) is 0 Å². The van der Waals surface area contributed by atoms with E-state index in [1.165, 1.54) is 11.3 Å². The third-order valence-corrected chi connectivity index (χ3v) is 2.46. The molecule has 0 saturated carbocycles. The van der Waals surface area contributed by atoms with Crippen molar-refractivity contribution >= 4 is 43.4 Å². The quantitative estimate of drug-likeness (QED) is 0.738. The number of anilines is 1. The van der Waals surface area contributed by atoms with Crippen molar-refractivity contribution in [1.29, 1.82) is 0 Å². The predicted octanol–water partition coefficient (Wildman–Crippen LogP) is 2.61. The maximum absolute atomic E-state index is 3.46. The first kappa shape index (κ1) is 15.7. The zero-order valence-electron chi connectivity index (χ0n) is 10.4. The molecule has 0 aromatic heterocycles. The van der Waals surface area contributed by atoms with Crippen LogP contribution >= 0.6 is 0 Å². The van der Waals surface area contributed by atoms with E-state index in [1.54, 1.807) is 0 Å². The Morgan fingerprint density at radius 2 is 1.81 bits per heavy atom. The number of rotatable bonds is 3. The van der Waals surface area contributed by atoms with E-state index >= 15 is 0 Å². The summed E-state index contributed by atoms with van der Waals surface area (Å²) in [6.07, 6.45) is 7.73. The molecule has 3 heteroatoms. The number of hydrogen-bond donors (Lipinski definition) is 1. The molecule has 1 unspecified atom stereocenters. The topological polar surface area (TPSA) is 12.0 Å². The van der Waals surface area contributed by atoms with Gasteiger partial charge in [0.15, 0.2) is 0 Å². The van der Waals surface area contributed by atoms with Crippen molar-refractivity contribution in [3.63, 3.8) is 0 Å². The maximum Gasteiger partial charge on any atom is 0.0482 e. The van der Waals surface area contributed by atoms with Crippen LogP contribution in [-0.4, -0.2) is 43.8 Å². The van der Waals surface area contributed by atoms with E-state index in [4.69, 9.17) is 0 Å². The molecule has 1 aliphatic carbocycles. The number of nitrogens with one attached hydrogen (secondary N) is 1. The fourth-order valence-electron chi connectivity index (χ4n) is 1.67. The second kappa shape index (κ2) is 7.89. The van der Waals surface area contributed by atoms with E-state index in [0.717, 1.165) is 6.42 Å². The molecule has 1 aromatic carbocycles. The van der Waals surface area contributed by atoms with Crippen LogP contribution in [0.5, 0.6) is 0 Å². The first-order valence-corrected chi connectivity index (χ1v) is 5.04. The van der Waals surface area contributed by atoms with Crippen LogP contribution in [0.1, 0.15) is 13.3 Å². The zero-order valence-corrected chi connectivity index (χ0v) is 10.4. The van der Waals surface area contributed by atoms with E-state index in [9.17, 15) is 0 Å². The van der Waals surface area contributed by atoms with E-state index in [-0.39, 0.29) is 37.7 Å². The normalized spacial score (nSPS) is 14.4. The second-order valence-electron chi connectivity index (χ2n) is 3.57. The largest absolute Gasteiger partial charge is 0.379 e. The Kier molecular flexibility index (Phi) is 7.74. The van der Waals surface area contributed by atoms with Gasteiger partial charge in [-0.15, -0.1) is 0 Å². The summed E-state index contributed by atoms with van der Waals surface area (Å²) in [4.78, 5) is 0. The Balaban J connectivity index is 0.00000112. The number of para-hydroxylation sites is 1. The van der Waals surface area contributed by atoms with Crippen molar-refractivity contribution < 1.29 is 0 Å². The molecule has 1 N–H and O–H groups in total. The smallest absolute Gasteiger partial charge is 0.0482 e. The molecule has 1 aromatic rings. The molecule has 0 saturated heterocycles. The summed E-state index contributed by atoms with van der Waals surface area (Å²) < 4.78 is 0. The van der Waals surface area contributed by atoms with E-state index in [0.29, 0.717) is 6.04 Å². The van der Waals surface area contributed by atoms with Crippen molar-refractivity contribution in [1.82, 2.24) is 0 Å². The Hall–Kier alpha value is -0.305. The van der Waals surface area contributed by atoms with Gasteiger partial charge in [-0.1, -0.05) is 36.4 Å². The van der Waals surface area contributed by atoms with Gasteiger partial charge in [0, 0.05) is 49.5 Å². The Labute approximate surface area is 122 Å². The van der Waals surface area contributed by atoms with Crippen LogP contribution in [0.3, 0.4) is 0 Å². The average molecular weight is 199 g/mol. The van der Waals surface area contributed by atoms with E-state index < -0.39 is 0 Å². The maximum atomic E-state index is 3.46. The van der Waals surface area contributed by atoms with Crippen LogP contribution < -0.4 is 5.32 Å². The summed E-state index contributed by atoms with van der Waals surface area (Å²) in [7, 11) is 0. The fourth-order valence-corrected chi connectivity index (χ4v) is 1.67. The Morgan fingerprint density at radius 1 is 1.12 bits per heavy atom. The van der Waals surface area contributed by atoms with Crippen LogP contribution in [0.15, 0.2) is 54.1 Å². The summed E-state index contributed by atoms with van der Waals surface area (Å²) in [5.41, 5.74) is 2.56. The molecule has 0 spiro atoms. The van der Waals surface area contributed by atoms with Gasteiger partial charge in [0.05, 0.1) is 0 Å². The predicted molar refractivity (Wildman–Crippen MR) is 72.9 cm³/mol. The standard InChI is InChI=1S/C13H15N.2Li/c1-11(12-7-5-6-8-12)14-13-9-3-2-4-10-13;;/h2-5,7-11,14H,6H2,1H3;;. The van der Waals surface area contributed by atoms with Gasteiger partial charge in [-0.05, 0) is 31.1 Å². The van der Waals surface area contributed by atoms with Crippen molar-refractivity contribution in [3.8, 4) is 0 Å². The van der Waals surface area contributed by atoms with Crippen molar-refractivity contribution in [2.24, 2.45) is 0 Å². The fraction of sp³-hybridized carbons (Fsp3) is 0.231. The van der Waals surface area contributed by atoms with Crippen molar-refractivity contribution in [2.75, 3.05) is 5.32 Å². The summed E-state index contributed by atoms with van der Waals surface area (Å²) in [6, 6.07) is 10.7. The Morgan fingerprint density at radius 3 is 2.38 bits per heavy atom. The Bertz CT molecular complexity index is 357. The van der Waals surface area contributed by atoms with Crippen LogP contribution in [-0.2, 0) is 0 Å². The van der Waals surface area contributed by atoms with Crippen molar-refractivity contribution in [2.45, 2.75) is 19.4 Å². The average Bonchev–Trinajstić information content (AvgIpc) is 2.72. The van der Waals surface area contributed by atoms with Crippen molar-refractivity contribution in [3.05, 3.63) is 54.1 Å². The summed E-state index contributed by atoms with van der Waals surface area (Å²) in [5, 5.41) is 3.46. The van der Waals surface area contributed by atoms with Gasteiger partial charge >= 0.3 is 0 Å². The summed E-state index contributed by atoms with van der Waals surface area (Å²) in [6.45, 7) is 2.19.